The van der Waals surface area contributed by atoms with E-state index in [0.29, 0.717) is 16.7 Å². The van der Waals surface area contributed by atoms with Crippen LogP contribution < -0.4 is 9.64 Å². The monoisotopic (exact) mass is 388 g/mol. The molecule has 0 spiro atoms. The van der Waals surface area contributed by atoms with Crippen molar-refractivity contribution in [2.45, 2.75) is 19.4 Å². The van der Waals surface area contributed by atoms with Gasteiger partial charge < -0.3 is 14.7 Å². The van der Waals surface area contributed by atoms with Crippen LogP contribution in [0.2, 0.25) is 0 Å². The summed E-state index contributed by atoms with van der Waals surface area (Å²) in [6, 6.07) is 10.6. The van der Waals surface area contributed by atoms with Gasteiger partial charge in [0.1, 0.15) is 0 Å². The summed E-state index contributed by atoms with van der Waals surface area (Å²) in [5, 5.41) is 15.1. The van der Waals surface area contributed by atoms with Gasteiger partial charge in [0.2, 0.25) is 5.88 Å². The van der Waals surface area contributed by atoms with E-state index in [4.69, 9.17) is 4.74 Å². The minimum Gasteiger partial charge on any atom is -0.493 e. The maximum Gasteiger partial charge on any atom is 0.326 e. The maximum absolute atomic E-state index is 10.1. The predicted molar refractivity (Wildman–Crippen MR) is 108 cm³/mol. The largest absolute Gasteiger partial charge is 0.493 e. The standard InChI is InChI=1S/C21H20N6O2/c1-14-2-4-15(5-3-14)26-9-7-16(12-26)27-13-17(10-23-27)29-21-24-19-11-22-8-6-18(19)20(28)25-21/h2-6,8,10-11,13,16H,7,9,12H2,1H3,(H,24,25,28). The van der Waals surface area contributed by atoms with Gasteiger partial charge in [-0.3, -0.25) is 9.67 Å². The molecule has 0 aliphatic carbocycles. The summed E-state index contributed by atoms with van der Waals surface area (Å²) in [6.45, 7) is 3.97. The molecule has 1 atom stereocenters. The van der Waals surface area contributed by atoms with Gasteiger partial charge in [0.15, 0.2) is 5.75 Å². The second kappa shape index (κ2) is 7.05. The predicted octanol–water partition coefficient (Wildman–Crippen LogP) is 3.48. The molecular formula is C21H20N6O2. The average molecular weight is 388 g/mol. The topological polar surface area (TPSA) is 89.2 Å². The Hall–Kier alpha value is -3.68. The van der Waals surface area contributed by atoms with Crippen LogP contribution >= 0.6 is 0 Å². The van der Waals surface area contributed by atoms with Crippen LogP contribution in [0, 0.1) is 6.92 Å². The number of rotatable bonds is 4. The van der Waals surface area contributed by atoms with Crippen LogP contribution in [0.25, 0.3) is 10.9 Å². The van der Waals surface area contributed by atoms with Gasteiger partial charge in [0.05, 0.1) is 35.5 Å². The van der Waals surface area contributed by atoms with Crippen molar-refractivity contribution in [2.24, 2.45) is 0 Å². The fourth-order valence-corrected chi connectivity index (χ4v) is 3.62. The summed E-state index contributed by atoms with van der Waals surface area (Å²) in [7, 11) is 0. The summed E-state index contributed by atoms with van der Waals surface area (Å²) >= 11 is 0. The number of anilines is 1. The number of hydrogen-bond donors (Lipinski definition) is 1. The van der Waals surface area contributed by atoms with Gasteiger partial charge in [0, 0.05) is 25.0 Å². The summed E-state index contributed by atoms with van der Waals surface area (Å²) in [5.41, 5.74) is 3.01. The van der Waals surface area contributed by atoms with E-state index in [1.807, 2.05) is 10.9 Å². The number of nitrogens with zero attached hydrogens (tertiary/aromatic N) is 6. The van der Waals surface area contributed by atoms with E-state index >= 15 is 0 Å². The first kappa shape index (κ1) is 17.4. The molecule has 1 aliphatic heterocycles. The molecule has 3 aromatic heterocycles. The fraction of sp³-hybridized carbons (Fsp3) is 0.238. The number of benzene rings is 1. The van der Waals surface area contributed by atoms with E-state index < -0.39 is 0 Å². The zero-order valence-corrected chi connectivity index (χ0v) is 15.9. The molecule has 1 aliphatic rings. The van der Waals surface area contributed by atoms with Crippen molar-refractivity contribution in [3.8, 4) is 17.6 Å². The Kier molecular flexibility index (Phi) is 4.23. The third-order valence-corrected chi connectivity index (χ3v) is 5.18. The highest BCUT2D eigenvalue weighted by Crippen LogP contribution is 2.29. The third kappa shape index (κ3) is 3.44. The zero-order valence-electron chi connectivity index (χ0n) is 15.9. The highest BCUT2D eigenvalue weighted by Gasteiger charge is 2.25. The highest BCUT2D eigenvalue weighted by atomic mass is 16.5. The number of aromatic hydroxyl groups is 1. The Morgan fingerprint density at radius 2 is 1.97 bits per heavy atom. The van der Waals surface area contributed by atoms with Crippen LogP contribution in [0.15, 0.2) is 55.1 Å². The fourth-order valence-electron chi connectivity index (χ4n) is 3.62. The van der Waals surface area contributed by atoms with Gasteiger partial charge in [-0.05, 0) is 31.5 Å². The third-order valence-electron chi connectivity index (χ3n) is 5.18. The Morgan fingerprint density at radius 3 is 2.83 bits per heavy atom. The van der Waals surface area contributed by atoms with Crippen LogP contribution in [0.3, 0.4) is 0 Å². The van der Waals surface area contributed by atoms with Gasteiger partial charge in [-0.1, -0.05) is 17.7 Å². The molecule has 1 saturated heterocycles. The number of ether oxygens (including phenoxy) is 1. The van der Waals surface area contributed by atoms with E-state index in [9.17, 15) is 5.11 Å². The lowest BCUT2D eigenvalue weighted by molar-refractivity contribution is 0.410. The summed E-state index contributed by atoms with van der Waals surface area (Å²) in [4.78, 5) is 14.7. The van der Waals surface area contributed by atoms with Gasteiger partial charge in [-0.25, -0.2) is 0 Å². The molecule has 1 unspecified atom stereocenters. The SMILES string of the molecule is Cc1ccc(N2CCC(n3cc(Oc4nc(O)c5ccncc5n4)cn3)C2)cc1. The van der Waals surface area contributed by atoms with Crippen molar-refractivity contribution >= 4 is 16.6 Å². The highest BCUT2D eigenvalue weighted by molar-refractivity contribution is 5.82. The molecule has 1 fully saturated rings. The second-order valence-corrected chi connectivity index (χ2v) is 7.20. The Balaban J connectivity index is 1.30. The van der Waals surface area contributed by atoms with E-state index in [0.717, 1.165) is 19.5 Å². The molecule has 0 radical (unpaired) electrons. The summed E-state index contributed by atoms with van der Waals surface area (Å²) in [6.07, 6.45) is 7.64. The molecule has 8 nitrogen and oxygen atoms in total. The molecule has 5 rings (SSSR count). The molecule has 4 heterocycles. The zero-order chi connectivity index (χ0) is 19.8. The first-order chi connectivity index (χ1) is 14.2. The number of hydrogen-bond acceptors (Lipinski definition) is 7. The van der Waals surface area contributed by atoms with Crippen molar-refractivity contribution in [3.05, 3.63) is 60.7 Å². The minimum atomic E-state index is -0.135. The molecule has 29 heavy (non-hydrogen) atoms. The van der Waals surface area contributed by atoms with Crippen molar-refractivity contribution < 1.29 is 9.84 Å². The van der Waals surface area contributed by atoms with Crippen molar-refractivity contribution in [1.82, 2.24) is 24.7 Å². The lowest BCUT2D eigenvalue weighted by Gasteiger charge is -2.18. The van der Waals surface area contributed by atoms with Gasteiger partial charge in [-0.15, -0.1) is 0 Å². The molecule has 8 heteroatoms. The van der Waals surface area contributed by atoms with E-state index in [1.165, 1.54) is 11.3 Å². The molecule has 0 amide bonds. The minimum absolute atomic E-state index is 0.0650. The molecule has 1 aromatic carbocycles. The first-order valence-corrected chi connectivity index (χ1v) is 9.50. The van der Waals surface area contributed by atoms with Crippen molar-refractivity contribution in [3.63, 3.8) is 0 Å². The van der Waals surface area contributed by atoms with Crippen LogP contribution in [0.1, 0.15) is 18.0 Å². The van der Waals surface area contributed by atoms with Crippen LogP contribution in [0.4, 0.5) is 5.69 Å². The van der Waals surface area contributed by atoms with Crippen LogP contribution in [-0.2, 0) is 0 Å². The molecule has 0 saturated carbocycles. The maximum atomic E-state index is 10.1. The second-order valence-electron chi connectivity index (χ2n) is 7.20. The van der Waals surface area contributed by atoms with Crippen LogP contribution in [-0.4, -0.2) is 42.9 Å². The number of pyridine rings is 1. The van der Waals surface area contributed by atoms with Gasteiger partial charge >= 0.3 is 6.01 Å². The van der Waals surface area contributed by atoms with Crippen molar-refractivity contribution in [2.75, 3.05) is 18.0 Å². The molecule has 0 bridgehead atoms. The normalized spacial score (nSPS) is 16.4. The Bertz CT molecular complexity index is 1160. The van der Waals surface area contributed by atoms with Crippen LogP contribution in [0.5, 0.6) is 17.6 Å². The van der Waals surface area contributed by atoms with E-state index in [2.05, 4.69) is 56.1 Å². The molecule has 4 aromatic rings. The van der Waals surface area contributed by atoms with Crippen molar-refractivity contribution in [1.29, 1.82) is 0 Å². The lowest BCUT2D eigenvalue weighted by atomic mass is 10.2. The quantitative estimate of drug-likeness (QED) is 0.572. The van der Waals surface area contributed by atoms with Gasteiger partial charge in [0.25, 0.3) is 0 Å². The van der Waals surface area contributed by atoms with E-state index in [1.54, 1.807) is 24.7 Å². The Morgan fingerprint density at radius 1 is 1.10 bits per heavy atom. The number of aromatic nitrogens is 5. The molecule has 1 N–H and O–H groups in total. The summed E-state index contributed by atoms with van der Waals surface area (Å²) in [5.74, 6) is 0.394. The summed E-state index contributed by atoms with van der Waals surface area (Å²) < 4.78 is 7.65. The average Bonchev–Trinajstić information content (AvgIpc) is 3.38. The molecule has 146 valence electrons. The smallest absolute Gasteiger partial charge is 0.326 e. The van der Waals surface area contributed by atoms with E-state index in [-0.39, 0.29) is 17.9 Å². The molecular weight excluding hydrogens is 368 g/mol. The number of aryl methyl sites for hydroxylation is 1. The van der Waals surface area contributed by atoms with Gasteiger partial charge in [-0.2, -0.15) is 15.1 Å². The first-order valence-electron chi connectivity index (χ1n) is 9.50. The Labute approximate surface area is 167 Å². The lowest BCUT2D eigenvalue weighted by Crippen LogP contribution is -2.20. The number of fused-ring (bicyclic) bond motifs is 1.